The fraction of sp³-hybridized carbons (Fsp3) is 0.350. The molecular formula is C20H25N3O5S. The molecule has 2 rings (SSSR count). The summed E-state index contributed by atoms with van der Waals surface area (Å²) in [6.45, 7) is 2.11. The number of anilines is 1. The number of aliphatic hydroxyl groups is 1. The summed E-state index contributed by atoms with van der Waals surface area (Å²) < 4.78 is 29.1. The van der Waals surface area contributed by atoms with E-state index in [1.165, 1.54) is 12.1 Å². The van der Waals surface area contributed by atoms with Crippen molar-refractivity contribution in [2.75, 3.05) is 37.5 Å². The maximum Gasteiger partial charge on any atom is 0.325 e. The van der Waals surface area contributed by atoms with Gasteiger partial charge in [-0.05, 0) is 61.9 Å². The Bertz CT molecular complexity index is 926. The van der Waals surface area contributed by atoms with Crippen LogP contribution in [0.15, 0.2) is 63.7 Å². The molecule has 0 aliphatic carbocycles. The number of nitrogens with zero attached hydrogens (tertiary/aromatic N) is 3. The highest BCUT2D eigenvalue weighted by atomic mass is 32.2. The lowest BCUT2D eigenvalue weighted by atomic mass is 10.2. The smallest absolute Gasteiger partial charge is 0.325 e. The zero-order valence-electron chi connectivity index (χ0n) is 16.5. The van der Waals surface area contributed by atoms with Gasteiger partial charge in [-0.25, -0.2) is 8.42 Å². The number of aliphatic hydroxyl groups excluding tert-OH is 1. The minimum atomic E-state index is -3.40. The predicted molar refractivity (Wildman–Crippen MR) is 111 cm³/mol. The third kappa shape index (κ3) is 6.95. The molecule has 0 aliphatic heterocycles. The van der Waals surface area contributed by atoms with Gasteiger partial charge in [0.25, 0.3) is 0 Å². The van der Waals surface area contributed by atoms with Crippen LogP contribution < -0.4 is 4.90 Å². The molecule has 0 bridgehead atoms. The molecule has 9 heteroatoms. The highest BCUT2D eigenvalue weighted by Crippen LogP contribution is 2.23. The molecule has 2 aromatic rings. The molecule has 8 nitrogen and oxygen atoms in total. The third-order valence-corrected chi connectivity index (χ3v) is 5.83. The lowest BCUT2D eigenvalue weighted by molar-refractivity contribution is -0.141. The average Bonchev–Trinajstić information content (AvgIpc) is 2.71. The van der Waals surface area contributed by atoms with E-state index < -0.39 is 9.84 Å². The van der Waals surface area contributed by atoms with Crippen LogP contribution in [0.3, 0.4) is 0 Å². The second-order valence-electron chi connectivity index (χ2n) is 6.27. The summed E-state index contributed by atoms with van der Waals surface area (Å²) in [4.78, 5) is 13.5. The summed E-state index contributed by atoms with van der Waals surface area (Å²) >= 11 is 0. The van der Waals surface area contributed by atoms with Gasteiger partial charge >= 0.3 is 5.97 Å². The molecule has 0 radical (unpaired) electrons. The average molecular weight is 420 g/mol. The molecule has 0 amide bonds. The Morgan fingerprint density at radius 2 is 1.59 bits per heavy atom. The molecule has 0 aromatic heterocycles. The van der Waals surface area contributed by atoms with Gasteiger partial charge in [0.2, 0.25) is 0 Å². The zero-order valence-corrected chi connectivity index (χ0v) is 17.3. The van der Waals surface area contributed by atoms with E-state index in [0.29, 0.717) is 18.0 Å². The van der Waals surface area contributed by atoms with Gasteiger partial charge < -0.3 is 14.7 Å². The van der Waals surface area contributed by atoms with Crippen LogP contribution >= 0.6 is 0 Å². The normalized spacial score (nSPS) is 11.6. The first-order valence-electron chi connectivity index (χ1n) is 9.18. The highest BCUT2D eigenvalue weighted by molar-refractivity contribution is 7.91. The largest absolute Gasteiger partial charge is 0.465 e. The van der Waals surface area contributed by atoms with Crippen LogP contribution in [0, 0.1) is 0 Å². The number of benzene rings is 2. The lowest BCUT2D eigenvalue weighted by Gasteiger charge is -2.17. The number of hydrogen-bond donors (Lipinski definition) is 1. The Kier molecular flexibility index (Phi) is 8.29. The first-order valence-corrected chi connectivity index (χ1v) is 10.8. The third-order valence-electron chi connectivity index (χ3n) is 4.01. The number of azo groups is 1. The van der Waals surface area contributed by atoms with E-state index >= 15 is 0 Å². The number of rotatable bonds is 10. The molecular weight excluding hydrogens is 394 g/mol. The van der Waals surface area contributed by atoms with Crippen LogP contribution in [0.4, 0.5) is 17.1 Å². The van der Waals surface area contributed by atoms with Crippen molar-refractivity contribution in [2.45, 2.75) is 18.2 Å². The van der Waals surface area contributed by atoms with Crippen molar-refractivity contribution in [3.63, 3.8) is 0 Å². The number of carbonyl (C=O) groups excluding carboxylic acids is 1. The standard InChI is InChI=1S/C20H25N3O5S/c1-3-28-20(25)15-23(2)18-9-5-16(6-10-18)21-22-17-7-11-19(12-8-17)29(26,27)14-4-13-24/h5-12,24H,3-4,13-15H2,1-2H3/b22-21+. The molecule has 0 aliphatic rings. The predicted octanol–water partition coefficient (Wildman–Crippen LogP) is 3.26. The lowest BCUT2D eigenvalue weighted by Crippen LogP contribution is -2.26. The Morgan fingerprint density at radius 1 is 1.03 bits per heavy atom. The molecule has 0 spiro atoms. The van der Waals surface area contributed by atoms with E-state index in [1.54, 1.807) is 43.1 Å². The van der Waals surface area contributed by atoms with Crippen molar-refractivity contribution in [1.82, 2.24) is 0 Å². The fourth-order valence-corrected chi connectivity index (χ4v) is 3.77. The summed E-state index contributed by atoms with van der Waals surface area (Å²) in [6, 6.07) is 13.3. The van der Waals surface area contributed by atoms with E-state index in [-0.39, 0.29) is 36.2 Å². The summed E-state index contributed by atoms with van der Waals surface area (Å²) in [5, 5.41) is 17.0. The van der Waals surface area contributed by atoms with E-state index in [0.717, 1.165) is 5.69 Å². The number of ether oxygens (including phenoxy) is 1. The number of sulfone groups is 1. The topological polar surface area (TPSA) is 109 Å². The Morgan fingerprint density at radius 3 is 2.10 bits per heavy atom. The molecule has 0 heterocycles. The van der Waals surface area contributed by atoms with E-state index in [9.17, 15) is 13.2 Å². The van der Waals surface area contributed by atoms with Gasteiger partial charge in [-0.1, -0.05) is 0 Å². The minimum absolute atomic E-state index is 0.0959. The molecule has 2 aromatic carbocycles. The van der Waals surface area contributed by atoms with Gasteiger partial charge in [-0.2, -0.15) is 10.2 Å². The molecule has 156 valence electrons. The molecule has 0 saturated carbocycles. The summed E-state index contributed by atoms with van der Waals surface area (Å²) in [7, 11) is -1.61. The first kappa shape index (κ1) is 22.5. The number of esters is 1. The summed E-state index contributed by atoms with van der Waals surface area (Å²) in [6.07, 6.45) is 0.203. The van der Waals surface area contributed by atoms with E-state index in [4.69, 9.17) is 9.84 Å². The van der Waals surface area contributed by atoms with Gasteiger partial charge in [-0.3, -0.25) is 4.79 Å². The van der Waals surface area contributed by atoms with Crippen molar-refractivity contribution in [1.29, 1.82) is 0 Å². The van der Waals surface area contributed by atoms with Crippen LogP contribution in [-0.4, -0.2) is 52.1 Å². The van der Waals surface area contributed by atoms with E-state index in [2.05, 4.69) is 10.2 Å². The van der Waals surface area contributed by atoms with Crippen molar-refractivity contribution >= 4 is 32.9 Å². The van der Waals surface area contributed by atoms with Gasteiger partial charge in [0.1, 0.15) is 6.54 Å². The SMILES string of the molecule is CCOC(=O)CN(C)c1ccc(/N=N/c2ccc(S(=O)(=O)CCCO)cc2)cc1. The Labute approximate surface area is 170 Å². The fourth-order valence-electron chi connectivity index (χ4n) is 2.47. The van der Waals surface area contributed by atoms with Gasteiger partial charge in [0, 0.05) is 19.3 Å². The molecule has 0 fully saturated rings. The quantitative estimate of drug-likeness (QED) is 0.468. The molecule has 0 atom stereocenters. The minimum Gasteiger partial charge on any atom is -0.465 e. The molecule has 1 N–H and O–H groups in total. The van der Waals surface area contributed by atoms with Crippen molar-refractivity contribution in [2.24, 2.45) is 10.2 Å². The molecule has 29 heavy (non-hydrogen) atoms. The Balaban J connectivity index is 2.00. The monoisotopic (exact) mass is 419 g/mol. The maximum atomic E-state index is 12.1. The van der Waals surface area contributed by atoms with E-state index in [1.807, 2.05) is 12.1 Å². The van der Waals surface area contributed by atoms with Crippen LogP contribution in [0.1, 0.15) is 13.3 Å². The zero-order chi connectivity index (χ0) is 21.3. The first-order chi connectivity index (χ1) is 13.9. The van der Waals surface area contributed by atoms with Crippen LogP contribution in [0.25, 0.3) is 0 Å². The maximum absolute atomic E-state index is 12.1. The number of likely N-dealkylation sites (N-methyl/N-ethyl adjacent to an activating group) is 1. The summed E-state index contributed by atoms with van der Waals surface area (Å²) in [5.41, 5.74) is 1.99. The van der Waals surface area contributed by atoms with Crippen LogP contribution in [0.5, 0.6) is 0 Å². The second-order valence-corrected chi connectivity index (χ2v) is 8.38. The van der Waals surface area contributed by atoms with Crippen LogP contribution in [-0.2, 0) is 19.4 Å². The van der Waals surface area contributed by atoms with Crippen LogP contribution in [0.2, 0.25) is 0 Å². The summed E-state index contributed by atoms with van der Waals surface area (Å²) in [5.74, 6) is -0.387. The highest BCUT2D eigenvalue weighted by Gasteiger charge is 2.13. The number of hydrogen-bond acceptors (Lipinski definition) is 8. The Hall–Kier alpha value is -2.78. The molecule has 0 unspecified atom stereocenters. The van der Waals surface area contributed by atoms with Crippen molar-refractivity contribution in [3.05, 3.63) is 48.5 Å². The number of carbonyl (C=O) groups is 1. The van der Waals surface area contributed by atoms with Gasteiger partial charge in [0.05, 0.1) is 28.6 Å². The van der Waals surface area contributed by atoms with Gasteiger partial charge in [-0.15, -0.1) is 0 Å². The van der Waals surface area contributed by atoms with Gasteiger partial charge in [0.15, 0.2) is 9.84 Å². The van der Waals surface area contributed by atoms with Crippen molar-refractivity contribution in [3.8, 4) is 0 Å². The van der Waals surface area contributed by atoms with Crippen molar-refractivity contribution < 1.29 is 23.1 Å². The molecule has 0 saturated heterocycles. The second kappa shape index (κ2) is 10.7.